The van der Waals surface area contributed by atoms with Crippen LogP contribution in [0.1, 0.15) is 5.56 Å². The molecule has 0 aliphatic rings. The Morgan fingerprint density at radius 2 is 1.68 bits per heavy atom. The molecule has 0 aliphatic carbocycles. The van der Waals surface area contributed by atoms with E-state index in [0.717, 1.165) is 6.07 Å². The molecule has 2 rings (SSSR count). The molecule has 2 aromatic carbocycles. The van der Waals surface area contributed by atoms with Crippen molar-refractivity contribution in [2.75, 3.05) is 10.6 Å². The molecule has 0 unspecified atom stereocenters. The normalized spacial score (nSPS) is 10.2. The zero-order valence-corrected chi connectivity index (χ0v) is 12.9. The van der Waals surface area contributed by atoms with Gasteiger partial charge >= 0.3 is 11.8 Å². The molecule has 2 N–H and O–H groups in total. The van der Waals surface area contributed by atoms with E-state index in [0.29, 0.717) is 16.3 Å². The summed E-state index contributed by atoms with van der Waals surface area (Å²) in [4.78, 5) is 23.7. The minimum Gasteiger partial charge on any atom is -0.318 e. The third-order valence-corrected chi connectivity index (χ3v) is 3.60. The topological polar surface area (TPSA) is 58.2 Å². The number of nitrogens with one attached hydrogen (secondary N) is 2. The molecular weight excluding hydrogens is 330 g/mol. The van der Waals surface area contributed by atoms with Gasteiger partial charge in [-0.25, -0.2) is 4.39 Å². The van der Waals surface area contributed by atoms with Gasteiger partial charge in [-0.05, 0) is 42.8 Å². The Kier molecular flexibility index (Phi) is 5.00. The Morgan fingerprint density at radius 3 is 2.36 bits per heavy atom. The fourth-order valence-corrected chi connectivity index (χ4v) is 2.04. The zero-order valence-electron chi connectivity index (χ0n) is 11.4. The predicted octanol–water partition coefficient (Wildman–Crippen LogP) is 4.02. The molecule has 0 aliphatic heterocycles. The molecule has 114 valence electrons. The highest BCUT2D eigenvalue weighted by Crippen LogP contribution is 2.23. The van der Waals surface area contributed by atoms with E-state index in [2.05, 4.69) is 10.6 Å². The fraction of sp³-hybridized carbons (Fsp3) is 0.0667. The van der Waals surface area contributed by atoms with Crippen LogP contribution in [0.3, 0.4) is 0 Å². The molecule has 22 heavy (non-hydrogen) atoms. The first-order valence-electron chi connectivity index (χ1n) is 6.21. The number of carbonyl (C=O) groups is 2. The van der Waals surface area contributed by atoms with Crippen LogP contribution in [0.5, 0.6) is 0 Å². The zero-order chi connectivity index (χ0) is 16.3. The van der Waals surface area contributed by atoms with Crippen molar-refractivity contribution in [2.45, 2.75) is 6.92 Å². The van der Waals surface area contributed by atoms with E-state index < -0.39 is 17.6 Å². The van der Waals surface area contributed by atoms with Crippen LogP contribution in [0, 0.1) is 12.7 Å². The molecule has 0 heterocycles. The summed E-state index contributed by atoms with van der Waals surface area (Å²) in [6.45, 7) is 1.72. The molecule has 0 bridgehead atoms. The Balaban J connectivity index is 2.07. The lowest BCUT2D eigenvalue weighted by Crippen LogP contribution is -2.29. The van der Waals surface area contributed by atoms with Gasteiger partial charge in [0.1, 0.15) is 5.82 Å². The molecule has 0 spiro atoms. The van der Waals surface area contributed by atoms with Gasteiger partial charge in [-0.15, -0.1) is 0 Å². The number of carbonyl (C=O) groups excluding carboxylic acids is 2. The van der Waals surface area contributed by atoms with Crippen molar-refractivity contribution in [3.63, 3.8) is 0 Å². The van der Waals surface area contributed by atoms with E-state index in [1.165, 1.54) is 12.1 Å². The van der Waals surface area contributed by atoms with Crippen LogP contribution in [-0.4, -0.2) is 11.8 Å². The van der Waals surface area contributed by atoms with Crippen LogP contribution in [0.4, 0.5) is 15.8 Å². The molecule has 0 radical (unpaired) electrons. The highest BCUT2D eigenvalue weighted by molar-refractivity contribution is 6.44. The van der Waals surface area contributed by atoms with E-state index in [-0.39, 0.29) is 10.7 Å². The van der Waals surface area contributed by atoms with Gasteiger partial charge in [0.05, 0.1) is 5.02 Å². The molecule has 0 saturated carbocycles. The van der Waals surface area contributed by atoms with E-state index in [9.17, 15) is 14.0 Å². The van der Waals surface area contributed by atoms with Crippen LogP contribution >= 0.6 is 23.2 Å². The summed E-state index contributed by atoms with van der Waals surface area (Å²) in [5.74, 6) is -2.38. The third kappa shape index (κ3) is 3.75. The molecule has 7 heteroatoms. The van der Waals surface area contributed by atoms with Crippen molar-refractivity contribution in [1.29, 1.82) is 0 Å². The molecular formula is C15H11Cl2FN2O2. The number of halogens is 3. The number of amides is 2. The molecule has 0 atom stereocenters. The van der Waals surface area contributed by atoms with Crippen LogP contribution in [0.15, 0.2) is 36.4 Å². The molecule has 0 aromatic heterocycles. The van der Waals surface area contributed by atoms with Crippen molar-refractivity contribution in [2.24, 2.45) is 0 Å². The summed E-state index contributed by atoms with van der Waals surface area (Å²) < 4.78 is 13.0. The third-order valence-electron chi connectivity index (χ3n) is 2.90. The Morgan fingerprint density at radius 1 is 1.00 bits per heavy atom. The summed E-state index contributed by atoms with van der Waals surface area (Å²) in [5, 5.41) is 5.11. The van der Waals surface area contributed by atoms with Gasteiger partial charge in [0.15, 0.2) is 0 Å². The second-order valence-electron chi connectivity index (χ2n) is 4.45. The lowest BCUT2D eigenvalue weighted by molar-refractivity contribution is -0.133. The van der Waals surface area contributed by atoms with Crippen LogP contribution in [-0.2, 0) is 9.59 Å². The highest BCUT2D eigenvalue weighted by atomic mass is 35.5. The summed E-state index contributed by atoms with van der Waals surface area (Å²) in [6.07, 6.45) is 0. The number of hydrogen-bond acceptors (Lipinski definition) is 2. The van der Waals surface area contributed by atoms with Crippen molar-refractivity contribution in [1.82, 2.24) is 0 Å². The van der Waals surface area contributed by atoms with Crippen LogP contribution in [0.25, 0.3) is 0 Å². The maximum absolute atomic E-state index is 13.0. The Bertz CT molecular complexity index is 750. The average Bonchev–Trinajstić information content (AvgIpc) is 2.47. The number of benzene rings is 2. The highest BCUT2D eigenvalue weighted by Gasteiger charge is 2.16. The van der Waals surface area contributed by atoms with Crippen molar-refractivity contribution >= 4 is 46.4 Å². The summed E-state index contributed by atoms with van der Waals surface area (Å²) in [5.41, 5.74) is 1.30. The molecule has 0 saturated heterocycles. The van der Waals surface area contributed by atoms with Crippen molar-refractivity contribution in [3.05, 3.63) is 57.8 Å². The number of rotatable bonds is 2. The SMILES string of the molecule is Cc1c(Cl)cccc1NC(=O)C(=O)Nc1ccc(F)c(Cl)c1. The summed E-state index contributed by atoms with van der Waals surface area (Å²) in [6, 6.07) is 8.57. The maximum atomic E-state index is 13.0. The quantitative estimate of drug-likeness (QED) is 0.811. The van der Waals surface area contributed by atoms with Gasteiger partial charge in [0, 0.05) is 16.4 Å². The number of anilines is 2. The second kappa shape index (κ2) is 6.77. The van der Waals surface area contributed by atoms with Crippen molar-refractivity contribution < 1.29 is 14.0 Å². The van der Waals surface area contributed by atoms with Gasteiger partial charge in [-0.2, -0.15) is 0 Å². The monoisotopic (exact) mass is 340 g/mol. The second-order valence-corrected chi connectivity index (χ2v) is 5.26. The van der Waals surface area contributed by atoms with E-state index in [4.69, 9.17) is 23.2 Å². The summed E-state index contributed by atoms with van der Waals surface area (Å²) in [7, 11) is 0. The van der Waals surface area contributed by atoms with Crippen molar-refractivity contribution in [3.8, 4) is 0 Å². The Hall–Kier alpha value is -2.11. The van der Waals surface area contributed by atoms with Gasteiger partial charge in [0.25, 0.3) is 0 Å². The summed E-state index contributed by atoms with van der Waals surface area (Å²) >= 11 is 11.5. The lowest BCUT2D eigenvalue weighted by atomic mass is 10.2. The predicted molar refractivity (Wildman–Crippen MR) is 84.9 cm³/mol. The number of hydrogen-bond donors (Lipinski definition) is 2. The first-order valence-corrected chi connectivity index (χ1v) is 6.96. The van der Waals surface area contributed by atoms with Gasteiger partial charge in [-0.3, -0.25) is 9.59 Å². The first-order chi connectivity index (χ1) is 10.4. The van der Waals surface area contributed by atoms with Gasteiger partial charge in [0.2, 0.25) is 0 Å². The smallest absolute Gasteiger partial charge is 0.314 e. The first kappa shape index (κ1) is 16.3. The molecule has 2 aromatic rings. The Labute approximate surface area is 136 Å². The largest absolute Gasteiger partial charge is 0.318 e. The van der Waals surface area contributed by atoms with E-state index >= 15 is 0 Å². The van der Waals surface area contributed by atoms with Crippen LogP contribution in [0.2, 0.25) is 10.0 Å². The van der Waals surface area contributed by atoms with E-state index in [1.54, 1.807) is 25.1 Å². The average molecular weight is 341 g/mol. The minimum atomic E-state index is -0.901. The maximum Gasteiger partial charge on any atom is 0.314 e. The lowest BCUT2D eigenvalue weighted by Gasteiger charge is -2.10. The van der Waals surface area contributed by atoms with Gasteiger partial charge < -0.3 is 10.6 Å². The van der Waals surface area contributed by atoms with Gasteiger partial charge in [-0.1, -0.05) is 29.3 Å². The minimum absolute atomic E-state index is 0.149. The van der Waals surface area contributed by atoms with Crippen LogP contribution < -0.4 is 10.6 Å². The fourth-order valence-electron chi connectivity index (χ4n) is 1.68. The molecule has 4 nitrogen and oxygen atoms in total. The standard InChI is InChI=1S/C15H11Cl2FN2O2/c1-8-10(16)3-2-4-13(8)20-15(22)14(21)19-9-5-6-12(18)11(17)7-9/h2-7H,1H3,(H,19,21)(H,20,22). The molecule has 2 amide bonds. The molecule has 0 fully saturated rings. The van der Waals surface area contributed by atoms with E-state index in [1.807, 2.05) is 0 Å².